The van der Waals surface area contributed by atoms with Crippen LogP contribution in [0.3, 0.4) is 0 Å². The van der Waals surface area contributed by atoms with Crippen LogP contribution in [0, 0.1) is 0 Å². The Balaban J connectivity index is 2.45. The van der Waals surface area contributed by atoms with Crippen LogP contribution in [0.25, 0.3) is 0 Å². The van der Waals surface area contributed by atoms with Gasteiger partial charge in [0, 0.05) is 5.02 Å². The van der Waals surface area contributed by atoms with E-state index in [0.29, 0.717) is 21.6 Å². The highest BCUT2D eigenvalue weighted by Gasteiger charge is 2.14. The minimum atomic E-state index is -0.863. The van der Waals surface area contributed by atoms with E-state index in [-0.39, 0.29) is 0 Å². The Hall–Kier alpha value is -0.810. The van der Waals surface area contributed by atoms with Crippen molar-refractivity contribution in [3.8, 4) is 0 Å². The third kappa shape index (κ3) is 3.14. The Bertz CT molecular complexity index is 565. The zero-order valence-corrected chi connectivity index (χ0v) is 11.8. The summed E-state index contributed by atoms with van der Waals surface area (Å²) in [5.74, 6) is 0.306. The van der Waals surface area contributed by atoms with Crippen molar-refractivity contribution in [3.63, 3.8) is 0 Å². The first-order chi connectivity index (χ1) is 8.58. The molecule has 2 aromatic rings. The second-order valence-electron chi connectivity index (χ2n) is 3.21. The standard InChI is InChI=1S/C10H6Cl4N4/c11-6-1-2-8(7(12)3-6)17-10(9(13)14)18-5-15-4-16-18/h1-5,9H. The van der Waals surface area contributed by atoms with Gasteiger partial charge in [-0.05, 0) is 18.2 Å². The Kier molecular flexibility index (Phi) is 4.45. The molecule has 1 aromatic carbocycles. The largest absolute Gasteiger partial charge is 0.229 e. The molecule has 0 saturated carbocycles. The molecule has 0 spiro atoms. The second-order valence-corrected chi connectivity index (χ2v) is 5.15. The van der Waals surface area contributed by atoms with Crippen molar-refractivity contribution in [2.75, 3.05) is 0 Å². The molecule has 0 N–H and O–H groups in total. The number of hydrogen-bond donors (Lipinski definition) is 0. The van der Waals surface area contributed by atoms with E-state index in [2.05, 4.69) is 15.1 Å². The first-order valence-electron chi connectivity index (χ1n) is 4.74. The van der Waals surface area contributed by atoms with Crippen molar-refractivity contribution < 1.29 is 0 Å². The van der Waals surface area contributed by atoms with Crippen LogP contribution in [0.15, 0.2) is 35.8 Å². The van der Waals surface area contributed by atoms with Crippen LogP contribution in [0.5, 0.6) is 0 Å². The number of aliphatic imine (C=N–C) groups is 1. The summed E-state index contributed by atoms with van der Waals surface area (Å²) < 4.78 is 1.37. The fraction of sp³-hybridized carbons (Fsp3) is 0.100. The molecule has 94 valence electrons. The Morgan fingerprint density at radius 3 is 2.61 bits per heavy atom. The van der Waals surface area contributed by atoms with Gasteiger partial charge in [-0.2, -0.15) is 5.10 Å². The zero-order valence-electron chi connectivity index (χ0n) is 8.76. The van der Waals surface area contributed by atoms with Gasteiger partial charge in [0.05, 0.1) is 10.7 Å². The highest BCUT2D eigenvalue weighted by atomic mass is 35.5. The fourth-order valence-electron chi connectivity index (χ4n) is 1.22. The molecule has 0 aliphatic carbocycles. The number of alkyl halides is 2. The molecule has 0 aliphatic rings. The fourth-order valence-corrected chi connectivity index (χ4v) is 1.97. The summed E-state index contributed by atoms with van der Waals surface area (Å²) in [5.41, 5.74) is 0.498. The van der Waals surface area contributed by atoms with Crippen LogP contribution >= 0.6 is 46.4 Å². The summed E-state index contributed by atoms with van der Waals surface area (Å²) in [6.07, 6.45) is 2.80. The lowest BCUT2D eigenvalue weighted by Crippen LogP contribution is -2.19. The number of nitrogens with zero attached hydrogens (tertiary/aromatic N) is 4. The van der Waals surface area contributed by atoms with E-state index in [9.17, 15) is 0 Å². The first kappa shape index (κ1) is 13.6. The van der Waals surface area contributed by atoms with E-state index >= 15 is 0 Å². The van der Waals surface area contributed by atoms with Crippen molar-refractivity contribution in [1.82, 2.24) is 14.8 Å². The Morgan fingerprint density at radius 2 is 2.06 bits per heavy atom. The van der Waals surface area contributed by atoms with Gasteiger partial charge in [-0.1, -0.05) is 46.4 Å². The lowest BCUT2D eigenvalue weighted by atomic mass is 10.3. The van der Waals surface area contributed by atoms with Gasteiger partial charge < -0.3 is 0 Å². The van der Waals surface area contributed by atoms with Crippen molar-refractivity contribution in [3.05, 3.63) is 40.9 Å². The summed E-state index contributed by atoms with van der Waals surface area (Å²) in [7, 11) is 0. The zero-order chi connectivity index (χ0) is 13.1. The monoisotopic (exact) mass is 322 g/mol. The SMILES string of the molecule is Clc1ccc(N=C(C(Cl)Cl)n2cncn2)c(Cl)c1. The molecular formula is C10H6Cl4N4. The third-order valence-corrected chi connectivity index (χ3v) is 2.92. The molecule has 18 heavy (non-hydrogen) atoms. The Labute approximate surface area is 123 Å². The molecule has 0 radical (unpaired) electrons. The molecule has 0 bridgehead atoms. The van der Waals surface area contributed by atoms with Crippen LogP contribution < -0.4 is 0 Å². The molecule has 1 heterocycles. The maximum Gasteiger partial charge on any atom is 0.167 e. The predicted octanol–water partition coefficient (Wildman–Crippen LogP) is 3.97. The normalized spacial score (nSPS) is 12.2. The maximum atomic E-state index is 6.02. The number of benzene rings is 1. The summed E-state index contributed by atoms with van der Waals surface area (Å²) in [6, 6.07) is 4.92. The van der Waals surface area contributed by atoms with Crippen LogP contribution in [-0.4, -0.2) is 25.4 Å². The van der Waals surface area contributed by atoms with E-state index in [4.69, 9.17) is 46.4 Å². The van der Waals surface area contributed by atoms with E-state index in [1.54, 1.807) is 18.2 Å². The topological polar surface area (TPSA) is 43.1 Å². The Morgan fingerprint density at radius 1 is 1.28 bits per heavy atom. The van der Waals surface area contributed by atoms with Gasteiger partial charge in [-0.15, -0.1) is 0 Å². The number of hydrogen-bond acceptors (Lipinski definition) is 3. The summed E-state index contributed by atoms with van der Waals surface area (Å²) >= 11 is 23.5. The predicted molar refractivity (Wildman–Crippen MR) is 74.5 cm³/mol. The molecule has 0 saturated heterocycles. The van der Waals surface area contributed by atoms with E-state index in [0.717, 1.165) is 0 Å². The minimum absolute atomic E-state index is 0.306. The van der Waals surface area contributed by atoms with Gasteiger partial charge in [-0.25, -0.2) is 14.7 Å². The average molecular weight is 324 g/mol. The lowest BCUT2D eigenvalue weighted by molar-refractivity contribution is 0.921. The van der Waals surface area contributed by atoms with E-state index < -0.39 is 4.84 Å². The molecule has 2 rings (SSSR count). The molecule has 0 atom stereocenters. The number of halogens is 4. The smallest absolute Gasteiger partial charge is 0.167 e. The molecule has 1 aromatic heterocycles. The average Bonchev–Trinajstić information content (AvgIpc) is 2.80. The van der Waals surface area contributed by atoms with Crippen molar-refractivity contribution in [1.29, 1.82) is 0 Å². The van der Waals surface area contributed by atoms with Crippen molar-refractivity contribution >= 4 is 57.9 Å². The van der Waals surface area contributed by atoms with Crippen molar-refractivity contribution in [2.45, 2.75) is 4.84 Å². The molecular weight excluding hydrogens is 318 g/mol. The molecule has 0 aliphatic heterocycles. The second kappa shape index (κ2) is 5.89. The van der Waals surface area contributed by atoms with Gasteiger partial charge >= 0.3 is 0 Å². The van der Waals surface area contributed by atoms with E-state index in [1.807, 2.05) is 0 Å². The molecule has 4 nitrogen and oxygen atoms in total. The number of aromatic nitrogens is 3. The molecule has 8 heteroatoms. The van der Waals surface area contributed by atoms with Gasteiger partial charge in [-0.3, -0.25) is 0 Å². The van der Waals surface area contributed by atoms with Gasteiger partial charge in [0.15, 0.2) is 10.7 Å². The molecule has 0 unspecified atom stereocenters. The van der Waals surface area contributed by atoms with Crippen molar-refractivity contribution in [2.24, 2.45) is 4.99 Å². The van der Waals surface area contributed by atoms with Crippen LogP contribution in [0.4, 0.5) is 5.69 Å². The van der Waals surface area contributed by atoms with Gasteiger partial charge in [0.2, 0.25) is 0 Å². The van der Waals surface area contributed by atoms with E-state index in [1.165, 1.54) is 17.3 Å². The van der Waals surface area contributed by atoms with Gasteiger partial charge in [0.1, 0.15) is 12.7 Å². The van der Waals surface area contributed by atoms with Gasteiger partial charge in [0.25, 0.3) is 0 Å². The third-order valence-electron chi connectivity index (χ3n) is 1.99. The number of rotatable bonds is 2. The van der Waals surface area contributed by atoms with Crippen LogP contribution in [0.2, 0.25) is 10.0 Å². The highest BCUT2D eigenvalue weighted by Crippen LogP contribution is 2.28. The summed E-state index contributed by atoms with van der Waals surface area (Å²) in [6.45, 7) is 0. The van der Waals surface area contributed by atoms with Crippen LogP contribution in [0.1, 0.15) is 0 Å². The summed E-state index contributed by atoms with van der Waals surface area (Å²) in [5, 5.41) is 4.84. The first-order valence-corrected chi connectivity index (χ1v) is 6.37. The minimum Gasteiger partial charge on any atom is -0.229 e. The van der Waals surface area contributed by atoms with Crippen LogP contribution in [-0.2, 0) is 0 Å². The molecule has 0 fully saturated rings. The summed E-state index contributed by atoms with van der Waals surface area (Å²) in [4.78, 5) is 7.20. The highest BCUT2D eigenvalue weighted by molar-refractivity contribution is 6.54. The maximum absolute atomic E-state index is 6.02. The molecule has 0 amide bonds. The quantitative estimate of drug-likeness (QED) is 0.477. The lowest BCUT2D eigenvalue weighted by Gasteiger charge is -2.07.